The first-order valence-corrected chi connectivity index (χ1v) is 6.30. The summed E-state index contributed by atoms with van der Waals surface area (Å²) in [6.45, 7) is 5.66. The highest BCUT2D eigenvalue weighted by Gasteiger charge is 2.48. The summed E-state index contributed by atoms with van der Waals surface area (Å²) in [6.07, 6.45) is 0.456. The minimum absolute atomic E-state index is 0.0480. The van der Waals surface area contributed by atoms with Crippen LogP contribution in [-0.2, 0) is 4.79 Å². The standard InChI is InChI=1S/C15H18O4/c1-7-5-12(19-4)8(2)9(3)13(7)14(16)10-6-11(10)15(17)18/h5,10-11H,6H2,1-4H3,(H,17,18). The molecule has 2 unspecified atom stereocenters. The zero-order valence-electron chi connectivity index (χ0n) is 11.6. The molecule has 102 valence electrons. The first-order chi connectivity index (χ1) is 8.88. The average molecular weight is 262 g/mol. The summed E-state index contributed by atoms with van der Waals surface area (Å²) in [5.41, 5.74) is 3.33. The number of benzene rings is 1. The number of carboxylic acids is 1. The minimum Gasteiger partial charge on any atom is -0.496 e. The van der Waals surface area contributed by atoms with Crippen LogP contribution in [0.4, 0.5) is 0 Å². The second-order valence-corrected chi connectivity index (χ2v) is 5.17. The molecule has 4 heteroatoms. The number of carbonyl (C=O) groups is 2. The Morgan fingerprint density at radius 1 is 1.21 bits per heavy atom. The third-order valence-corrected chi connectivity index (χ3v) is 3.96. The van der Waals surface area contributed by atoms with E-state index in [2.05, 4.69) is 0 Å². The molecular formula is C15H18O4. The molecular weight excluding hydrogens is 244 g/mol. The molecule has 0 radical (unpaired) electrons. The lowest BCUT2D eigenvalue weighted by atomic mass is 9.92. The van der Waals surface area contributed by atoms with Gasteiger partial charge in [-0.05, 0) is 49.9 Å². The average Bonchev–Trinajstić information content (AvgIpc) is 3.13. The van der Waals surface area contributed by atoms with Gasteiger partial charge in [0.15, 0.2) is 5.78 Å². The Balaban J connectivity index is 2.39. The van der Waals surface area contributed by atoms with E-state index in [9.17, 15) is 9.59 Å². The van der Waals surface area contributed by atoms with Gasteiger partial charge in [0.1, 0.15) is 5.75 Å². The van der Waals surface area contributed by atoms with Crippen molar-refractivity contribution < 1.29 is 19.4 Å². The van der Waals surface area contributed by atoms with Crippen LogP contribution in [0.3, 0.4) is 0 Å². The molecule has 1 aliphatic carbocycles. The summed E-state index contributed by atoms with van der Waals surface area (Å²) < 4.78 is 5.27. The first-order valence-electron chi connectivity index (χ1n) is 6.30. The van der Waals surface area contributed by atoms with Gasteiger partial charge in [-0.2, -0.15) is 0 Å². The Morgan fingerprint density at radius 2 is 1.84 bits per heavy atom. The van der Waals surface area contributed by atoms with Crippen molar-refractivity contribution in [3.8, 4) is 5.75 Å². The van der Waals surface area contributed by atoms with Gasteiger partial charge in [-0.25, -0.2) is 0 Å². The van der Waals surface area contributed by atoms with E-state index < -0.39 is 11.9 Å². The molecule has 19 heavy (non-hydrogen) atoms. The van der Waals surface area contributed by atoms with E-state index in [0.717, 1.165) is 22.4 Å². The maximum Gasteiger partial charge on any atom is 0.307 e. The van der Waals surface area contributed by atoms with E-state index in [1.54, 1.807) is 7.11 Å². The van der Waals surface area contributed by atoms with Crippen LogP contribution in [-0.4, -0.2) is 24.0 Å². The Bertz CT molecular complexity index is 560. The highest BCUT2D eigenvalue weighted by Crippen LogP contribution is 2.43. The Labute approximate surface area is 112 Å². The zero-order valence-corrected chi connectivity index (χ0v) is 11.6. The lowest BCUT2D eigenvalue weighted by Gasteiger charge is -2.15. The van der Waals surface area contributed by atoms with Crippen molar-refractivity contribution in [2.75, 3.05) is 7.11 Å². The predicted octanol–water partition coefficient (Wildman–Crippen LogP) is 2.52. The molecule has 1 aromatic rings. The number of carboxylic acid groups (broad SMARTS) is 1. The largest absolute Gasteiger partial charge is 0.496 e. The molecule has 2 rings (SSSR count). The third-order valence-electron chi connectivity index (χ3n) is 3.96. The summed E-state index contributed by atoms with van der Waals surface area (Å²) in [6, 6.07) is 1.84. The Hall–Kier alpha value is -1.84. The predicted molar refractivity (Wildman–Crippen MR) is 70.8 cm³/mol. The van der Waals surface area contributed by atoms with Gasteiger partial charge in [0, 0.05) is 11.5 Å². The van der Waals surface area contributed by atoms with Crippen LogP contribution in [0.15, 0.2) is 6.07 Å². The number of hydrogen-bond donors (Lipinski definition) is 1. The molecule has 0 amide bonds. The number of rotatable bonds is 4. The number of carbonyl (C=O) groups excluding carboxylic acids is 1. The number of methoxy groups -OCH3 is 1. The molecule has 1 saturated carbocycles. The van der Waals surface area contributed by atoms with Gasteiger partial charge in [0.05, 0.1) is 13.0 Å². The first kappa shape index (κ1) is 13.6. The molecule has 1 fully saturated rings. The lowest BCUT2D eigenvalue weighted by Crippen LogP contribution is -2.12. The Morgan fingerprint density at radius 3 is 2.32 bits per heavy atom. The molecule has 0 aliphatic heterocycles. The molecule has 0 spiro atoms. The van der Waals surface area contributed by atoms with E-state index in [4.69, 9.17) is 9.84 Å². The van der Waals surface area contributed by atoms with Gasteiger partial charge in [-0.1, -0.05) is 0 Å². The molecule has 4 nitrogen and oxygen atoms in total. The van der Waals surface area contributed by atoms with Crippen LogP contribution in [0.5, 0.6) is 5.75 Å². The van der Waals surface area contributed by atoms with E-state index in [-0.39, 0.29) is 11.7 Å². The van der Waals surface area contributed by atoms with E-state index >= 15 is 0 Å². The summed E-state index contributed by atoms with van der Waals surface area (Å²) in [4.78, 5) is 23.3. The summed E-state index contributed by atoms with van der Waals surface area (Å²) >= 11 is 0. The van der Waals surface area contributed by atoms with Gasteiger partial charge >= 0.3 is 5.97 Å². The van der Waals surface area contributed by atoms with Crippen molar-refractivity contribution in [2.24, 2.45) is 11.8 Å². The molecule has 0 bridgehead atoms. The molecule has 1 aliphatic rings. The summed E-state index contributed by atoms with van der Waals surface area (Å²) in [7, 11) is 1.60. The van der Waals surface area contributed by atoms with E-state index in [1.807, 2.05) is 26.8 Å². The van der Waals surface area contributed by atoms with E-state index in [1.165, 1.54) is 0 Å². The van der Waals surface area contributed by atoms with Crippen molar-refractivity contribution in [1.29, 1.82) is 0 Å². The van der Waals surface area contributed by atoms with Crippen molar-refractivity contribution in [3.63, 3.8) is 0 Å². The van der Waals surface area contributed by atoms with Crippen molar-refractivity contribution >= 4 is 11.8 Å². The molecule has 0 saturated heterocycles. The second-order valence-electron chi connectivity index (χ2n) is 5.17. The van der Waals surface area contributed by atoms with E-state index in [0.29, 0.717) is 12.0 Å². The maximum absolute atomic E-state index is 12.4. The van der Waals surface area contributed by atoms with Crippen LogP contribution in [0.25, 0.3) is 0 Å². The number of Topliss-reactive ketones (excluding diaryl/α,β-unsaturated/α-hetero) is 1. The van der Waals surface area contributed by atoms with Gasteiger partial charge in [-0.3, -0.25) is 9.59 Å². The highest BCUT2D eigenvalue weighted by atomic mass is 16.5. The minimum atomic E-state index is -0.876. The van der Waals surface area contributed by atoms with Gasteiger partial charge in [0.2, 0.25) is 0 Å². The summed E-state index contributed by atoms with van der Waals surface area (Å²) in [5, 5.41) is 8.92. The fourth-order valence-electron chi connectivity index (χ4n) is 2.58. The highest BCUT2D eigenvalue weighted by molar-refractivity contribution is 6.05. The summed E-state index contributed by atoms with van der Waals surface area (Å²) in [5.74, 6) is -1.03. The maximum atomic E-state index is 12.4. The van der Waals surface area contributed by atoms with Crippen LogP contribution < -0.4 is 4.74 Å². The SMILES string of the molecule is COc1cc(C)c(C(=O)C2CC2C(=O)O)c(C)c1C. The van der Waals surface area contributed by atoms with Gasteiger partial charge in [0.25, 0.3) is 0 Å². The number of ether oxygens (including phenoxy) is 1. The van der Waals surface area contributed by atoms with Gasteiger partial charge < -0.3 is 9.84 Å². The van der Waals surface area contributed by atoms with Crippen molar-refractivity contribution in [1.82, 2.24) is 0 Å². The smallest absolute Gasteiger partial charge is 0.307 e. The number of aliphatic carboxylic acids is 1. The number of aryl methyl sites for hydroxylation is 1. The number of ketones is 1. The normalized spacial score (nSPS) is 21.1. The van der Waals surface area contributed by atoms with Crippen molar-refractivity contribution in [3.05, 3.63) is 28.3 Å². The second kappa shape index (κ2) is 4.68. The topological polar surface area (TPSA) is 63.6 Å². The molecule has 2 atom stereocenters. The quantitative estimate of drug-likeness (QED) is 0.847. The molecule has 0 aromatic heterocycles. The Kier molecular flexibility index (Phi) is 3.35. The van der Waals surface area contributed by atoms with Crippen LogP contribution in [0.2, 0.25) is 0 Å². The fourth-order valence-corrected chi connectivity index (χ4v) is 2.58. The molecule has 1 N–H and O–H groups in total. The van der Waals surface area contributed by atoms with Crippen LogP contribution >= 0.6 is 0 Å². The van der Waals surface area contributed by atoms with Gasteiger partial charge in [-0.15, -0.1) is 0 Å². The molecule has 1 aromatic carbocycles. The third kappa shape index (κ3) is 2.23. The molecule has 0 heterocycles. The zero-order chi connectivity index (χ0) is 14.3. The monoisotopic (exact) mass is 262 g/mol. The fraction of sp³-hybridized carbons (Fsp3) is 0.467. The van der Waals surface area contributed by atoms with Crippen LogP contribution in [0.1, 0.15) is 33.5 Å². The number of hydrogen-bond acceptors (Lipinski definition) is 3. The lowest BCUT2D eigenvalue weighted by molar-refractivity contribution is -0.138. The van der Waals surface area contributed by atoms with Crippen molar-refractivity contribution in [2.45, 2.75) is 27.2 Å². The van der Waals surface area contributed by atoms with Crippen LogP contribution in [0, 0.1) is 32.6 Å².